The van der Waals surface area contributed by atoms with Crippen LogP contribution in [0, 0.1) is 0 Å². The van der Waals surface area contributed by atoms with Gasteiger partial charge in [0.25, 0.3) is 0 Å². The average Bonchev–Trinajstić information content (AvgIpc) is 3.04. The van der Waals surface area contributed by atoms with Crippen LogP contribution in [0.5, 0.6) is 5.75 Å². The van der Waals surface area contributed by atoms with E-state index < -0.39 is 6.10 Å². The molecule has 1 amide bonds. The minimum absolute atomic E-state index is 0.0989. The van der Waals surface area contributed by atoms with Crippen molar-refractivity contribution in [2.24, 2.45) is 0 Å². The van der Waals surface area contributed by atoms with Crippen molar-refractivity contribution < 1.29 is 14.6 Å². The maximum Gasteiger partial charge on any atom is 0.240 e. The first-order chi connectivity index (χ1) is 13.6. The summed E-state index contributed by atoms with van der Waals surface area (Å²) < 4.78 is 7.17. The molecule has 0 aliphatic rings. The number of hydrogen-bond acceptors (Lipinski definition) is 5. The SMILES string of the molecule is COc1ccccc1CCNC(=O)Cn1c(NCC(C)O)nc2ccccc21. The lowest BCUT2D eigenvalue weighted by Gasteiger charge is -2.13. The Kier molecular flexibility index (Phi) is 6.49. The molecule has 7 nitrogen and oxygen atoms in total. The van der Waals surface area contributed by atoms with Gasteiger partial charge in [0.1, 0.15) is 12.3 Å². The van der Waals surface area contributed by atoms with Crippen LogP contribution < -0.4 is 15.4 Å². The highest BCUT2D eigenvalue weighted by molar-refractivity contribution is 5.83. The Labute approximate surface area is 164 Å². The fraction of sp³-hybridized carbons (Fsp3) is 0.333. The van der Waals surface area contributed by atoms with Gasteiger partial charge in [0, 0.05) is 13.1 Å². The first-order valence-corrected chi connectivity index (χ1v) is 9.34. The molecule has 0 aliphatic carbocycles. The van der Waals surface area contributed by atoms with Gasteiger partial charge in [0.05, 0.1) is 24.2 Å². The predicted molar refractivity (Wildman–Crippen MR) is 110 cm³/mol. The van der Waals surface area contributed by atoms with E-state index in [0.717, 1.165) is 22.3 Å². The molecule has 1 atom stereocenters. The highest BCUT2D eigenvalue weighted by Gasteiger charge is 2.14. The standard InChI is InChI=1S/C21H26N4O3/c1-15(26)13-23-21-24-17-8-4-5-9-18(17)25(21)14-20(27)22-12-11-16-7-3-6-10-19(16)28-2/h3-10,15,26H,11-14H2,1-2H3,(H,22,27)(H,23,24). The third kappa shape index (κ3) is 4.80. The van der Waals surface area contributed by atoms with E-state index in [1.54, 1.807) is 14.0 Å². The van der Waals surface area contributed by atoms with E-state index in [2.05, 4.69) is 15.6 Å². The van der Waals surface area contributed by atoms with Crippen LogP contribution in [-0.2, 0) is 17.8 Å². The number of carbonyl (C=O) groups is 1. The molecular weight excluding hydrogens is 356 g/mol. The smallest absolute Gasteiger partial charge is 0.240 e. The number of aromatic nitrogens is 2. The van der Waals surface area contributed by atoms with E-state index in [0.29, 0.717) is 25.5 Å². The Bertz CT molecular complexity index is 936. The second-order valence-electron chi connectivity index (χ2n) is 6.65. The summed E-state index contributed by atoms with van der Waals surface area (Å²) in [5.41, 5.74) is 2.73. The van der Waals surface area contributed by atoms with Gasteiger partial charge in [-0.3, -0.25) is 4.79 Å². The Morgan fingerprint density at radius 2 is 1.96 bits per heavy atom. The molecule has 2 aromatic carbocycles. The molecule has 7 heteroatoms. The molecule has 0 fully saturated rings. The maximum atomic E-state index is 12.5. The topological polar surface area (TPSA) is 88.4 Å². The molecule has 28 heavy (non-hydrogen) atoms. The van der Waals surface area contributed by atoms with Crippen LogP contribution in [0.4, 0.5) is 5.95 Å². The Morgan fingerprint density at radius 3 is 2.75 bits per heavy atom. The van der Waals surface area contributed by atoms with Crippen molar-refractivity contribution in [1.29, 1.82) is 0 Å². The van der Waals surface area contributed by atoms with Crippen LogP contribution in [0.15, 0.2) is 48.5 Å². The zero-order valence-corrected chi connectivity index (χ0v) is 16.2. The summed E-state index contributed by atoms with van der Waals surface area (Å²) in [6, 6.07) is 15.4. The molecule has 0 spiro atoms. The number of aliphatic hydroxyl groups is 1. The minimum atomic E-state index is -0.511. The number of ether oxygens (including phenoxy) is 1. The number of rotatable bonds is 9. The number of aliphatic hydroxyl groups excluding tert-OH is 1. The molecule has 0 saturated carbocycles. The number of hydrogen-bond donors (Lipinski definition) is 3. The molecule has 0 bridgehead atoms. The number of benzene rings is 2. The van der Waals surface area contributed by atoms with Crippen molar-refractivity contribution in [2.75, 3.05) is 25.5 Å². The van der Waals surface area contributed by atoms with Gasteiger partial charge in [0.15, 0.2) is 0 Å². The normalized spacial score (nSPS) is 12.0. The van der Waals surface area contributed by atoms with Crippen molar-refractivity contribution >= 4 is 22.9 Å². The first kappa shape index (κ1) is 19.7. The maximum absolute atomic E-state index is 12.5. The molecule has 0 radical (unpaired) electrons. The molecule has 148 valence electrons. The van der Waals surface area contributed by atoms with Crippen LogP contribution in [0.1, 0.15) is 12.5 Å². The van der Waals surface area contributed by atoms with Gasteiger partial charge in [-0.2, -0.15) is 0 Å². The fourth-order valence-corrected chi connectivity index (χ4v) is 3.06. The second-order valence-corrected chi connectivity index (χ2v) is 6.65. The van der Waals surface area contributed by atoms with Gasteiger partial charge < -0.3 is 25.0 Å². The predicted octanol–water partition coefficient (Wildman–Crippen LogP) is 2.20. The fourth-order valence-electron chi connectivity index (χ4n) is 3.06. The second kappa shape index (κ2) is 9.23. The number of nitrogens with one attached hydrogen (secondary N) is 2. The van der Waals surface area contributed by atoms with Gasteiger partial charge in [-0.15, -0.1) is 0 Å². The van der Waals surface area contributed by atoms with E-state index in [1.807, 2.05) is 53.1 Å². The number of carbonyl (C=O) groups excluding carboxylic acids is 1. The van der Waals surface area contributed by atoms with Crippen LogP contribution in [0.3, 0.4) is 0 Å². The van der Waals surface area contributed by atoms with E-state index >= 15 is 0 Å². The third-order valence-corrected chi connectivity index (χ3v) is 4.42. The van der Waals surface area contributed by atoms with Crippen LogP contribution >= 0.6 is 0 Å². The molecule has 1 heterocycles. The van der Waals surface area contributed by atoms with E-state index in [9.17, 15) is 9.90 Å². The van der Waals surface area contributed by atoms with E-state index in [1.165, 1.54) is 0 Å². The van der Waals surface area contributed by atoms with Crippen LogP contribution in [-0.4, -0.2) is 46.9 Å². The molecule has 1 aromatic heterocycles. The summed E-state index contributed by atoms with van der Waals surface area (Å²) >= 11 is 0. The van der Waals surface area contributed by atoms with Gasteiger partial charge in [-0.05, 0) is 37.1 Å². The number of imidazole rings is 1. The highest BCUT2D eigenvalue weighted by Crippen LogP contribution is 2.20. The average molecular weight is 382 g/mol. The molecule has 1 unspecified atom stereocenters. The lowest BCUT2D eigenvalue weighted by Crippen LogP contribution is -2.30. The number of methoxy groups -OCH3 is 1. The zero-order chi connectivity index (χ0) is 19.9. The number of para-hydroxylation sites is 3. The number of anilines is 1. The number of nitrogens with zero attached hydrogens (tertiary/aromatic N) is 2. The largest absolute Gasteiger partial charge is 0.496 e. The molecule has 0 aliphatic heterocycles. The quantitative estimate of drug-likeness (QED) is 0.528. The van der Waals surface area contributed by atoms with Crippen molar-refractivity contribution in [3.05, 3.63) is 54.1 Å². The zero-order valence-electron chi connectivity index (χ0n) is 16.2. The molecular formula is C21H26N4O3. The van der Waals surface area contributed by atoms with E-state index in [4.69, 9.17) is 4.74 Å². The Morgan fingerprint density at radius 1 is 1.21 bits per heavy atom. The first-order valence-electron chi connectivity index (χ1n) is 9.34. The Hall–Kier alpha value is -3.06. The lowest BCUT2D eigenvalue weighted by molar-refractivity contribution is -0.121. The summed E-state index contributed by atoms with van der Waals surface area (Å²) in [6.07, 6.45) is 0.177. The van der Waals surface area contributed by atoms with Gasteiger partial charge in [0.2, 0.25) is 11.9 Å². The van der Waals surface area contributed by atoms with Gasteiger partial charge in [-0.25, -0.2) is 4.98 Å². The van der Waals surface area contributed by atoms with Gasteiger partial charge >= 0.3 is 0 Å². The minimum Gasteiger partial charge on any atom is -0.496 e. The summed E-state index contributed by atoms with van der Waals surface area (Å²) in [7, 11) is 1.64. The summed E-state index contributed by atoms with van der Waals surface area (Å²) in [5, 5.41) is 15.6. The van der Waals surface area contributed by atoms with Crippen molar-refractivity contribution in [3.8, 4) is 5.75 Å². The highest BCUT2D eigenvalue weighted by atomic mass is 16.5. The van der Waals surface area contributed by atoms with Crippen molar-refractivity contribution in [3.63, 3.8) is 0 Å². The van der Waals surface area contributed by atoms with E-state index in [-0.39, 0.29) is 12.5 Å². The van der Waals surface area contributed by atoms with Crippen molar-refractivity contribution in [2.45, 2.75) is 26.0 Å². The molecule has 3 N–H and O–H groups in total. The summed E-state index contributed by atoms with van der Waals surface area (Å²) in [4.78, 5) is 17.1. The third-order valence-electron chi connectivity index (χ3n) is 4.42. The van der Waals surface area contributed by atoms with Crippen LogP contribution in [0.2, 0.25) is 0 Å². The summed E-state index contributed by atoms with van der Waals surface area (Å²) in [6.45, 7) is 2.72. The lowest BCUT2D eigenvalue weighted by atomic mass is 10.1. The molecule has 3 aromatic rings. The number of amides is 1. The number of fused-ring (bicyclic) bond motifs is 1. The Balaban J connectivity index is 1.66. The molecule has 0 saturated heterocycles. The summed E-state index contributed by atoms with van der Waals surface area (Å²) in [5.74, 6) is 1.29. The van der Waals surface area contributed by atoms with Gasteiger partial charge in [-0.1, -0.05) is 30.3 Å². The molecule has 3 rings (SSSR count). The monoisotopic (exact) mass is 382 g/mol. The van der Waals surface area contributed by atoms with Crippen LogP contribution in [0.25, 0.3) is 11.0 Å². The van der Waals surface area contributed by atoms with Crippen molar-refractivity contribution in [1.82, 2.24) is 14.9 Å².